The van der Waals surface area contributed by atoms with E-state index in [4.69, 9.17) is 0 Å². The van der Waals surface area contributed by atoms with E-state index >= 15 is 0 Å². The first-order valence-corrected chi connectivity index (χ1v) is 10.4. The van der Waals surface area contributed by atoms with Crippen LogP contribution in [0.4, 0.5) is 0 Å². The highest BCUT2D eigenvalue weighted by atomic mass is 16.4. The zero-order chi connectivity index (χ0) is 20.7. The summed E-state index contributed by atoms with van der Waals surface area (Å²) < 4.78 is 0. The van der Waals surface area contributed by atoms with E-state index in [0.717, 1.165) is 44.9 Å². The van der Waals surface area contributed by atoms with Crippen molar-refractivity contribution in [2.24, 2.45) is 5.92 Å². The van der Waals surface area contributed by atoms with Crippen LogP contribution in [0, 0.1) is 5.92 Å². The van der Waals surface area contributed by atoms with Crippen molar-refractivity contribution in [2.75, 3.05) is 6.54 Å². The fraction of sp³-hybridized carbons (Fsp3) is 0.545. The highest BCUT2D eigenvalue weighted by molar-refractivity contribution is 6.22. The Kier molecular flexibility index (Phi) is 5.15. The third-order valence-corrected chi connectivity index (χ3v) is 6.25. The van der Waals surface area contributed by atoms with Gasteiger partial charge in [0.05, 0.1) is 17.0 Å². The number of carbonyl (C=O) groups is 4. The van der Waals surface area contributed by atoms with Gasteiger partial charge in [-0.2, -0.15) is 0 Å². The number of imide groups is 1. The van der Waals surface area contributed by atoms with Crippen molar-refractivity contribution in [3.8, 4) is 0 Å². The number of fused-ring (bicyclic) bond motifs is 1. The summed E-state index contributed by atoms with van der Waals surface area (Å²) in [6.45, 7) is 1.72. The molecule has 154 valence electrons. The van der Waals surface area contributed by atoms with Crippen molar-refractivity contribution >= 4 is 23.7 Å². The number of hydrogen-bond donors (Lipinski definition) is 1. The minimum atomic E-state index is -0.943. The van der Waals surface area contributed by atoms with Crippen LogP contribution in [0.1, 0.15) is 82.9 Å². The van der Waals surface area contributed by atoms with E-state index in [2.05, 4.69) is 0 Å². The van der Waals surface area contributed by atoms with E-state index in [1.165, 1.54) is 11.0 Å². The molecule has 0 saturated heterocycles. The smallest absolute Gasteiger partial charge is 0.308 e. The molecule has 1 N–H and O–H groups in total. The van der Waals surface area contributed by atoms with Gasteiger partial charge in [-0.15, -0.1) is 0 Å². The van der Waals surface area contributed by atoms with Gasteiger partial charge in [0.25, 0.3) is 17.7 Å². The third-order valence-electron chi connectivity index (χ3n) is 6.25. The Morgan fingerprint density at radius 1 is 1.07 bits per heavy atom. The van der Waals surface area contributed by atoms with Crippen molar-refractivity contribution in [1.29, 1.82) is 0 Å². The van der Waals surface area contributed by atoms with Gasteiger partial charge < -0.3 is 10.0 Å². The number of rotatable bonds is 6. The van der Waals surface area contributed by atoms with E-state index in [9.17, 15) is 24.3 Å². The summed E-state index contributed by atoms with van der Waals surface area (Å²) in [7, 11) is 0. The van der Waals surface area contributed by atoms with Gasteiger partial charge in [-0.3, -0.25) is 24.1 Å². The van der Waals surface area contributed by atoms with Crippen molar-refractivity contribution < 1.29 is 24.3 Å². The van der Waals surface area contributed by atoms with Crippen molar-refractivity contribution in [1.82, 2.24) is 9.80 Å². The van der Waals surface area contributed by atoms with Gasteiger partial charge in [-0.05, 0) is 43.9 Å². The number of carboxylic acid groups (broad SMARTS) is 1. The molecule has 1 unspecified atom stereocenters. The van der Waals surface area contributed by atoms with E-state index in [1.807, 2.05) is 0 Å². The summed E-state index contributed by atoms with van der Waals surface area (Å²) in [5, 5.41) is 9.20. The molecular formula is C22H26N2O5. The van der Waals surface area contributed by atoms with Gasteiger partial charge in [0.2, 0.25) is 0 Å². The molecule has 3 aliphatic rings. The molecule has 4 rings (SSSR count). The summed E-state index contributed by atoms with van der Waals surface area (Å²) in [5.74, 6) is -2.47. The number of aliphatic carboxylic acids is 1. The van der Waals surface area contributed by atoms with E-state index in [1.54, 1.807) is 24.0 Å². The monoisotopic (exact) mass is 398 g/mol. The zero-order valence-electron chi connectivity index (χ0n) is 16.6. The van der Waals surface area contributed by atoms with Crippen molar-refractivity contribution in [3.05, 3.63) is 34.9 Å². The molecular weight excluding hydrogens is 372 g/mol. The second-order valence-corrected chi connectivity index (χ2v) is 8.46. The van der Waals surface area contributed by atoms with Crippen molar-refractivity contribution in [3.63, 3.8) is 0 Å². The first-order chi connectivity index (χ1) is 13.9. The lowest BCUT2D eigenvalue weighted by atomic mass is 9.94. The van der Waals surface area contributed by atoms with Crippen LogP contribution in [-0.2, 0) is 4.79 Å². The summed E-state index contributed by atoms with van der Waals surface area (Å²) in [5.41, 5.74) is 0.974. The van der Waals surface area contributed by atoms with Crippen LogP contribution >= 0.6 is 0 Å². The largest absolute Gasteiger partial charge is 0.481 e. The van der Waals surface area contributed by atoms with Gasteiger partial charge in [0.1, 0.15) is 0 Å². The summed E-state index contributed by atoms with van der Waals surface area (Å²) in [4.78, 5) is 53.1. The molecule has 7 heteroatoms. The quantitative estimate of drug-likeness (QED) is 0.744. The molecule has 2 aliphatic carbocycles. The van der Waals surface area contributed by atoms with Gasteiger partial charge in [0.15, 0.2) is 0 Å². The first-order valence-electron chi connectivity index (χ1n) is 10.4. The van der Waals surface area contributed by atoms with Crippen LogP contribution in [0.3, 0.4) is 0 Å². The molecule has 3 amide bonds. The summed E-state index contributed by atoms with van der Waals surface area (Å²) in [6.07, 6.45) is 6.54. The summed E-state index contributed by atoms with van der Waals surface area (Å²) >= 11 is 0. The van der Waals surface area contributed by atoms with Crippen LogP contribution in [0.2, 0.25) is 0 Å². The number of hydrogen-bond acceptors (Lipinski definition) is 4. The Morgan fingerprint density at radius 3 is 2.34 bits per heavy atom. The second-order valence-electron chi connectivity index (χ2n) is 8.46. The molecule has 1 aromatic rings. The third kappa shape index (κ3) is 3.66. The molecule has 1 heterocycles. The zero-order valence-corrected chi connectivity index (χ0v) is 16.6. The van der Waals surface area contributed by atoms with Crippen LogP contribution in [-0.4, -0.2) is 57.2 Å². The maximum absolute atomic E-state index is 13.1. The second kappa shape index (κ2) is 7.61. The number of carboxylic acids is 1. The first kappa shape index (κ1) is 19.6. The molecule has 29 heavy (non-hydrogen) atoms. The molecule has 7 nitrogen and oxygen atoms in total. The van der Waals surface area contributed by atoms with Gasteiger partial charge in [-0.1, -0.05) is 26.2 Å². The summed E-state index contributed by atoms with van der Waals surface area (Å²) in [6, 6.07) is 4.65. The van der Waals surface area contributed by atoms with E-state index in [-0.39, 0.29) is 41.9 Å². The molecule has 1 aromatic carbocycles. The lowest BCUT2D eigenvalue weighted by Crippen LogP contribution is -2.40. The average Bonchev–Trinajstić information content (AvgIpc) is 3.53. The Hall–Kier alpha value is -2.70. The highest BCUT2D eigenvalue weighted by Gasteiger charge is 2.41. The highest BCUT2D eigenvalue weighted by Crippen LogP contribution is 2.33. The molecule has 2 saturated carbocycles. The van der Waals surface area contributed by atoms with Gasteiger partial charge in [0, 0.05) is 24.2 Å². The Labute approximate surface area is 169 Å². The molecule has 1 atom stereocenters. The number of amides is 3. The predicted octanol–water partition coefficient (Wildman–Crippen LogP) is 2.94. The minimum Gasteiger partial charge on any atom is -0.481 e. The fourth-order valence-corrected chi connectivity index (χ4v) is 4.39. The number of carbonyl (C=O) groups excluding carboxylic acids is 3. The molecule has 0 radical (unpaired) electrons. The van der Waals surface area contributed by atoms with Crippen LogP contribution in [0.5, 0.6) is 0 Å². The maximum atomic E-state index is 13.1. The predicted molar refractivity (Wildman–Crippen MR) is 105 cm³/mol. The Balaban J connectivity index is 1.58. The van der Waals surface area contributed by atoms with E-state index in [0.29, 0.717) is 11.1 Å². The molecule has 2 fully saturated rings. The van der Waals surface area contributed by atoms with Crippen LogP contribution in [0.15, 0.2) is 18.2 Å². The maximum Gasteiger partial charge on any atom is 0.308 e. The topological polar surface area (TPSA) is 95.0 Å². The Bertz CT molecular complexity index is 870. The minimum absolute atomic E-state index is 0.0497. The normalized spacial score (nSPS) is 20.5. The lowest BCUT2D eigenvalue weighted by molar-refractivity contribution is -0.141. The fourth-order valence-electron chi connectivity index (χ4n) is 4.39. The standard InChI is InChI=1S/C22H26N2O5/c1-13(22(28)29)12-23(15-8-9-15)19(25)14-7-10-17-18(11-14)21(27)24(20(17)26)16-5-3-2-4-6-16/h7,10-11,13,15-16H,2-6,8-9,12H2,1H3,(H,28,29). The molecule has 0 bridgehead atoms. The van der Waals surface area contributed by atoms with Gasteiger partial charge >= 0.3 is 5.97 Å². The average molecular weight is 398 g/mol. The lowest BCUT2D eigenvalue weighted by Gasteiger charge is -2.29. The number of benzene rings is 1. The number of nitrogens with zero attached hydrogens (tertiary/aromatic N) is 2. The SMILES string of the molecule is CC(CN(C(=O)c1ccc2c(c1)C(=O)N(C1CCCCC1)C2=O)C1CC1)C(=O)O. The molecule has 1 aliphatic heterocycles. The van der Waals surface area contributed by atoms with E-state index < -0.39 is 11.9 Å². The van der Waals surface area contributed by atoms with Crippen LogP contribution in [0.25, 0.3) is 0 Å². The van der Waals surface area contributed by atoms with Gasteiger partial charge in [-0.25, -0.2) is 0 Å². The molecule has 0 aromatic heterocycles. The molecule has 0 spiro atoms. The van der Waals surface area contributed by atoms with Crippen LogP contribution < -0.4 is 0 Å². The van der Waals surface area contributed by atoms with Crippen molar-refractivity contribution in [2.45, 2.75) is 64.0 Å². The Morgan fingerprint density at radius 2 is 1.72 bits per heavy atom.